The molecule has 2 aliphatic heterocycles. The van der Waals surface area contributed by atoms with Crippen molar-refractivity contribution in [1.82, 2.24) is 0 Å². The van der Waals surface area contributed by atoms with Gasteiger partial charge in [0.2, 0.25) is 0 Å². The van der Waals surface area contributed by atoms with Gasteiger partial charge in [-0.3, -0.25) is 0 Å². The van der Waals surface area contributed by atoms with E-state index in [1.165, 1.54) is 6.42 Å². The topological polar surface area (TPSA) is 45.0 Å². The van der Waals surface area contributed by atoms with Gasteiger partial charge in [-0.25, -0.2) is 0 Å². The van der Waals surface area contributed by atoms with Crippen LogP contribution in [0.15, 0.2) is 22.7 Å². The highest BCUT2D eigenvalue weighted by Crippen LogP contribution is 2.36. The van der Waals surface area contributed by atoms with Crippen LogP contribution in [0.2, 0.25) is 0 Å². The van der Waals surface area contributed by atoms with E-state index in [2.05, 4.69) is 27.3 Å². The fraction of sp³-hybridized carbons (Fsp3) is 0.462. The molecule has 3 nitrogen and oxygen atoms in total. The molecular weight excluding hydrogens is 280 g/mol. The molecular formula is C13H13BrN2O. The maximum Gasteiger partial charge on any atom is 0.101 e. The Kier molecular flexibility index (Phi) is 2.81. The molecule has 0 aromatic heterocycles. The third kappa shape index (κ3) is 2.05. The number of fused-ring (bicyclic) bond motifs is 2. The van der Waals surface area contributed by atoms with E-state index in [0.717, 1.165) is 23.0 Å². The van der Waals surface area contributed by atoms with Gasteiger partial charge in [0.05, 0.1) is 29.5 Å². The maximum absolute atomic E-state index is 9.11. The number of benzene rings is 1. The molecule has 1 aromatic carbocycles. The van der Waals surface area contributed by atoms with Crippen LogP contribution in [0.3, 0.4) is 0 Å². The normalized spacial score (nSPS) is 30.2. The van der Waals surface area contributed by atoms with Crippen molar-refractivity contribution in [1.29, 1.82) is 5.26 Å². The molecule has 1 N–H and O–H groups in total. The Morgan fingerprint density at radius 2 is 2.29 bits per heavy atom. The summed E-state index contributed by atoms with van der Waals surface area (Å²) in [6.45, 7) is 0. The van der Waals surface area contributed by atoms with E-state index in [9.17, 15) is 0 Å². The van der Waals surface area contributed by atoms with E-state index < -0.39 is 0 Å². The summed E-state index contributed by atoms with van der Waals surface area (Å²) in [7, 11) is 0. The van der Waals surface area contributed by atoms with Crippen molar-refractivity contribution in [3.8, 4) is 6.07 Å². The average molecular weight is 293 g/mol. The zero-order chi connectivity index (χ0) is 11.8. The van der Waals surface area contributed by atoms with Crippen LogP contribution in [-0.4, -0.2) is 18.2 Å². The SMILES string of the molecule is N#Cc1cc(Br)ccc1N[C@@H]1C[C@@H]2CC[C@@H]1O2. The molecule has 3 atom stereocenters. The lowest BCUT2D eigenvalue weighted by atomic mass is 9.95. The van der Waals surface area contributed by atoms with E-state index >= 15 is 0 Å². The van der Waals surface area contributed by atoms with Crippen LogP contribution in [0.1, 0.15) is 24.8 Å². The van der Waals surface area contributed by atoms with Gasteiger partial charge < -0.3 is 10.1 Å². The largest absolute Gasteiger partial charge is 0.379 e. The molecule has 0 unspecified atom stereocenters. The lowest BCUT2D eigenvalue weighted by Gasteiger charge is -2.21. The van der Waals surface area contributed by atoms with E-state index in [0.29, 0.717) is 23.8 Å². The molecule has 2 fully saturated rings. The van der Waals surface area contributed by atoms with Gasteiger partial charge in [-0.05, 0) is 37.5 Å². The molecule has 2 heterocycles. The minimum atomic E-state index is 0.329. The molecule has 0 spiro atoms. The molecule has 3 rings (SSSR count). The van der Waals surface area contributed by atoms with Gasteiger partial charge >= 0.3 is 0 Å². The van der Waals surface area contributed by atoms with Gasteiger partial charge in [0.15, 0.2) is 0 Å². The molecule has 0 radical (unpaired) electrons. The number of hydrogen-bond acceptors (Lipinski definition) is 3. The smallest absolute Gasteiger partial charge is 0.101 e. The fourth-order valence-electron chi connectivity index (χ4n) is 2.72. The van der Waals surface area contributed by atoms with Crippen LogP contribution in [0.5, 0.6) is 0 Å². The zero-order valence-electron chi connectivity index (χ0n) is 9.32. The van der Waals surface area contributed by atoms with Crippen molar-refractivity contribution < 1.29 is 4.74 Å². The van der Waals surface area contributed by atoms with Gasteiger partial charge in [-0.15, -0.1) is 0 Å². The summed E-state index contributed by atoms with van der Waals surface area (Å²) >= 11 is 3.38. The van der Waals surface area contributed by atoms with Crippen LogP contribution in [-0.2, 0) is 4.74 Å². The van der Waals surface area contributed by atoms with Crippen molar-refractivity contribution >= 4 is 21.6 Å². The predicted molar refractivity (Wildman–Crippen MR) is 68.8 cm³/mol. The first-order valence-electron chi connectivity index (χ1n) is 5.88. The van der Waals surface area contributed by atoms with E-state index in [1.807, 2.05) is 18.2 Å². The summed E-state index contributed by atoms with van der Waals surface area (Å²) < 4.78 is 6.73. The minimum absolute atomic E-state index is 0.329. The highest BCUT2D eigenvalue weighted by atomic mass is 79.9. The summed E-state index contributed by atoms with van der Waals surface area (Å²) in [5.74, 6) is 0. The number of halogens is 1. The van der Waals surface area contributed by atoms with Crippen LogP contribution in [0.4, 0.5) is 5.69 Å². The quantitative estimate of drug-likeness (QED) is 0.911. The van der Waals surface area contributed by atoms with E-state index in [-0.39, 0.29) is 0 Å². The highest BCUT2D eigenvalue weighted by molar-refractivity contribution is 9.10. The third-order valence-electron chi connectivity index (χ3n) is 3.55. The lowest BCUT2D eigenvalue weighted by Crippen LogP contribution is -2.30. The van der Waals surface area contributed by atoms with Gasteiger partial charge in [-0.2, -0.15) is 5.26 Å². The molecule has 0 aliphatic carbocycles. The number of nitriles is 1. The Hall–Kier alpha value is -1.05. The van der Waals surface area contributed by atoms with Crippen LogP contribution in [0.25, 0.3) is 0 Å². The number of anilines is 1. The molecule has 2 aliphatic rings. The van der Waals surface area contributed by atoms with Crippen molar-refractivity contribution in [2.75, 3.05) is 5.32 Å². The summed E-state index contributed by atoms with van der Waals surface area (Å²) in [5, 5.41) is 12.6. The van der Waals surface area contributed by atoms with Crippen LogP contribution >= 0.6 is 15.9 Å². The van der Waals surface area contributed by atoms with Crippen molar-refractivity contribution in [3.63, 3.8) is 0 Å². The Morgan fingerprint density at radius 1 is 1.41 bits per heavy atom. The second kappa shape index (κ2) is 4.32. The first-order chi connectivity index (χ1) is 8.26. The van der Waals surface area contributed by atoms with E-state index in [4.69, 9.17) is 10.00 Å². The lowest BCUT2D eigenvalue weighted by molar-refractivity contribution is 0.102. The van der Waals surface area contributed by atoms with Crippen molar-refractivity contribution in [2.45, 2.75) is 37.5 Å². The Balaban J connectivity index is 1.79. The maximum atomic E-state index is 9.11. The number of nitrogens with one attached hydrogen (secondary N) is 1. The first-order valence-corrected chi connectivity index (χ1v) is 6.67. The van der Waals surface area contributed by atoms with Crippen LogP contribution in [0, 0.1) is 11.3 Å². The minimum Gasteiger partial charge on any atom is -0.379 e. The molecule has 17 heavy (non-hydrogen) atoms. The molecule has 1 aromatic rings. The fourth-order valence-corrected chi connectivity index (χ4v) is 3.09. The first kappa shape index (κ1) is 11.1. The molecule has 4 heteroatoms. The van der Waals surface area contributed by atoms with E-state index in [1.54, 1.807) is 0 Å². The predicted octanol–water partition coefficient (Wildman–Crippen LogP) is 3.05. The monoisotopic (exact) mass is 292 g/mol. The van der Waals surface area contributed by atoms with Gasteiger partial charge in [0.1, 0.15) is 6.07 Å². The van der Waals surface area contributed by atoms with Gasteiger partial charge in [0.25, 0.3) is 0 Å². The molecule has 88 valence electrons. The van der Waals surface area contributed by atoms with Gasteiger partial charge in [-0.1, -0.05) is 15.9 Å². The van der Waals surface area contributed by atoms with Crippen LogP contribution < -0.4 is 5.32 Å². The molecule has 0 amide bonds. The Labute approximate surface area is 109 Å². The Bertz CT molecular complexity index is 483. The summed E-state index contributed by atoms with van der Waals surface area (Å²) in [4.78, 5) is 0. The zero-order valence-corrected chi connectivity index (χ0v) is 10.9. The molecule has 2 saturated heterocycles. The van der Waals surface area contributed by atoms with Crippen molar-refractivity contribution in [3.05, 3.63) is 28.2 Å². The second-order valence-electron chi connectivity index (χ2n) is 4.66. The summed E-state index contributed by atoms with van der Waals surface area (Å²) in [6.07, 6.45) is 4.15. The second-order valence-corrected chi connectivity index (χ2v) is 5.58. The third-order valence-corrected chi connectivity index (χ3v) is 4.04. The Morgan fingerprint density at radius 3 is 2.94 bits per heavy atom. The summed E-state index contributed by atoms with van der Waals surface area (Å²) in [5.41, 5.74) is 1.60. The van der Waals surface area contributed by atoms with Gasteiger partial charge in [0, 0.05) is 4.47 Å². The standard InChI is InChI=1S/C13H13BrN2O/c14-9-1-3-11(8(5-9)7-15)16-12-6-10-2-4-13(12)17-10/h1,3,5,10,12-13,16H,2,4,6H2/t10-,12+,13-/m0/s1. The summed E-state index contributed by atoms with van der Waals surface area (Å²) in [6, 6.07) is 8.34. The molecule has 2 bridgehead atoms. The van der Waals surface area contributed by atoms with Crippen molar-refractivity contribution in [2.24, 2.45) is 0 Å². The molecule has 0 saturated carbocycles. The number of rotatable bonds is 2. The highest BCUT2D eigenvalue weighted by Gasteiger charge is 2.40. The number of ether oxygens (including phenoxy) is 1. The average Bonchev–Trinajstić information content (AvgIpc) is 2.93. The number of hydrogen-bond donors (Lipinski definition) is 1. The number of nitrogens with zero attached hydrogens (tertiary/aromatic N) is 1.